The van der Waals surface area contributed by atoms with Gasteiger partial charge < -0.3 is 15.1 Å². The molecule has 0 bridgehead atoms. The zero-order chi connectivity index (χ0) is 22.7. The van der Waals surface area contributed by atoms with E-state index in [4.69, 9.17) is 0 Å². The second-order valence-corrected chi connectivity index (χ2v) is 8.51. The number of hydrogen-bond acceptors (Lipinski definition) is 5. The number of nitrogens with zero attached hydrogens (tertiary/aromatic N) is 5. The van der Waals surface area contributed by atoms with Crippen molar-refractivity contribution in [2.45, 2.75) is 26.9 Å². The minimum Gasteiger partial charge on any atom is -0.359 e. The van der Waals surface area contributed by atoms with Crippen LogP contribution in [0.25, 0.3) is 0 Å². The highest BCUT2D eigenvalue weighted by atomic mass is 16.2. The largest absolute Gasteiger partial charge is 0.359 e. The summed E-state index contributed by atoms with van der Waals surface area (Å²) >= 11 is 0. The highest BCUT2D eigenvalue weighted by molar-refractivity contribution is 6.04. The molecule has 32 heavy (non-hydrogen) atoms. The third kappa shape index (κ3) is 4.80. The van der Waals surface area contributed by atoms with Gasteiger partial charge >= 0.3 is 0 Å². The number of aromatic nitrogens is 3. The third-order valence-electron chi connectivity index (χ3n) is 5.30. The van der Waals surface area contributed by atoms with E-state index in [1.165, 1.54) is 0 Å². The van der Waals surface area contributed by atoms with Crippen LogP contribution < -0.4 is 10.2 Å². The SMILES string of the molecule is CC(C)CN(Cc1cnn(C)c1)C(=O)c1cnc2c(c1)N(Cc1ccccc1)C(=O)CN2. The highest BCUT2D eigenvalue weighted by Crippen LogP contribution is 2.30. The summed E-state index contributed by atoms with van der Waals surface area (Å²) in [6.45, 7) is 5.85. The van der Waals surface area contributed by atoms with Crippen molar-refractivity contribution in [3.8, 4) is 0 Å². The van der Waals surface area contributed by atoms with Gasteiger partial charge in [0.2, 0.25) is 5.91 Å². The Morgan fingerprint density at radius 2 is 1.97 bits per heavy atom. The van der Waals surface area contributed by atoms with E-state index in [2.05, 4.69) is 29.2 Å². The van der Waals surface area contributed by atoms with E-state index in [9.17, 15) is 9.59 Å². The Bertz CT molecular complexity index is 1110. The topological polar surface area (TPSA) is 83.4 Å². The van der Waals surface area contributed by atoms with Gasteiger partial charge in [-0.15, -0.1) is 0 Å². The Balaban J connectivity index is 1.63. The summed E-state index contributed by atoms with van der Waals surface area (Å²) in [6, 6.07) is 11.6. The number of hydrogen-bond donors (Lipinski definition) is 1. The number of benzene rings is 1. The first-order valence-electron chi connectivity index (χ1n) is 10.8. The second-order valence-electron chi connectivity index (χ2n) is 8.51. The zero-order valence-electron chi connectivity index (χ0n) is 18.7. The molecule has 1 aliphatic heterocycles. The monoisotopic (exact) mass is 432 g/mol. The lowest BCUT2D eigenvalue weighted by molar-refractivity contribution is -0.117. The Morgan fingerprint density at radius 1 is 1.19 bits per heavy atom. The van der Waals surface area contributed by atoms with Crippen LogP contribution in [0.2, 0.25) is 0 Å². The third-order valence-corrected chi connectivity index (χ3v) is 5.30. The Kier molecular flexibility index (Phi) is 6.20. The van der Waals surface area contributed by atoms with Crippen LogP contribution in [0.4, 0.5) is 11.5 Å². The van der Waals surface area contributed by atoms with Gasteiger partial charge in [-0.1, -0.05) is 44.2 Å². The number of carbonyl (C=O) groups excluding carboxylic acids is 2. The number of rotatable bonds is 7. The normalized spacial score (nSPS) is 13.1. The van der Waals surface area contributed by atoms with Gasteiger partial charge in [0, 0.05) is 38.1 Å². The molecule has 3 heterocycles. The number of fused-ring (bicyclic) bond motifs is 1. The lowest BCUT2D eigenvalue weighted by Gasteiger charge is -2.30. The van der Waals surface area contributed by atoms with E-state index in [0.717, 1.165) is 11.1 Å². The van der Waals surface area contributed by atoms with Gasteiger partial charge in [-0.2, -0.15) is 5.10 Å². The smallest absolute Gasteiger partial charge is 0.255 e. The first kappa shape index (κ1) is 21.5. The van der Waals surface area contributed by atoms with Gasteiger partial charge in [0.25, 0.3) is 5.91 Å². The molecule has 0 radical (unpaired) electrons. The molecule has 0 saturated carbocycles. The molecule has 1 aliphatic rings. The van der Waals surface area contributed by atoms with Crippen LogP contribution in [-0.2, 0) is 24.9 Å². The lowest BCUT2D eigenvalue weighted by atomic mass is 10.1. The summed E-state index contributed by atoms with van der Waals surface area (Å²) in [6.07, 6.45) is 5.27. The van der Waals surface area contributed by atoms with E-state index in [-0.39, 0.29) is 18.4 Å². The molecule has 2 amide bonds. The van der Waals surface area contributed by atoms with Gasteiger partial charge in [0.05, 0.1) is 30.5 Å². The van der Waals surface area contributed by atoms with Crippen molar-refractivity contribution >= 4 is 23.3 Å². The lowest BCUT2D eigenvalue weighted by Crippen LogP contribution is -2.40. The standard InChI is InChI=1S/C24H28N6O2/c1-17(2)13-29(15-19-10-27-28(3)14-19)24(32)20-9-21-23(25-11-20)26-12-22(31)30(21)16-18-7-5-4-6-8-18/h4-11,14,17H,12-13,15-16H2,1-3H3,(H,25,26). The van der Waals surface area contributed by atoms with Gasteiger partial charge in [-0.25, -0.2) is 4.98 Å². The predicted octanol–water partition coefficient (Wildman–Crippen LogP) is 3.07. The van der Waals surface area contributed by atoms with Gasteiger partial charge in [0.15, 0.2) is 5.82 Å². The van der Waals surface area contributed by atoms with E-state index < -0.39 is 0 Å². The maximum Gasteiger partial charge on any atom is 0.255 e. The highest BCUT2D eigenvalue weighted by Gasteiger charge is 2.27. The number of nitrogens with one attached hydrogen (secondary N) is 1. The van der Waals surface area contributed by atoms with E-state index in [1.54, 1.807) is 28.0 Å². The van der Waals surface area contributed by atoms with Crippen LogP contribution in [-0.4, -0.2) is 44.6 Å². The molecular formula is C24H28N6O2. The molecular weight excluding hydrogens is 404 g/mol. The van der Waals surface area contributed by atoms with Crippen molar-refractivity contribution in [1.29, 1.82) is 0 Å². The number of anilines is 2. The first-order valence-corrected chi connectivity index (χ1v) is 10.8. The summed E-state index contributed by atoms with van der Waals surface area (Å²) in [5.41, 5.74) is 3.07. The van der Waals surface area contributed by atoms with Gasteiger partial charge in [-0.05, 0) is 17.5 Å². The molecule has 0 saturated heterocycles. The maximum absolute atomic E-state index is 13.5. The summed E-state index contributed by atoms with van der Waals surface area (Å²) in [5, 5.41) is 7.27. The van der Waals surface area contributed by atoms with Crippen LogP contribution in [0.5, 0.6) is 0 Å². The summed E-state index contributed by atoms with van der Waals surface area (Å²) in [4.78, 5) is 34.1. The maximum atomic E-state index is 13.5. The molecule has 0 fully saturated rings. The average Bonchev–Trinajstić information content (AvgIpc) is 3.19. The number of aryl methyl sites for hydroxylation is 1. The molecule has 3 aromatic rings. The molecule has 1 N–H and O–H groups in total. The molecule has 2 aromatic heterocycles. The molecule has 0 spiro atoms. The number of carbonyl (C=O) groups is 2. The molecule has 1 aromatic carbocycles. The summed E-state index contributed by atoms with van der Waals surface area (Å²) in [7, 11) is 1.86. The minimum atomic E-state index is -0.115. The summed E-state index contributed by atoms with van der Waals surface area (Å²) < 4.78 is 1.73. The zero-order valence-corrected chi connectivity index (χ0v) is 18.7. The molecule has 0 unspecified atom stereocenters. The van der Waals surface area contributed by atoms with Crippen LogP contribution in [0.1, 0.15) is 35.3 Å². The van der Waals surface area contributed by atoms with Crippen molar-refractivity contribution in [2.24, 2.45) is 13.0 Å². The van der Waals surface area contributed by atoms with Crippen molar-refractivity contribution in [3.63, 3.8) is 0 Å². The first-order chi connectivity index (χ1) is 15.4. The van der Waals surface area contributed by atoms with Crippen molar-refractivity contribution < 1.29 is 9.59 Å². The molecule has 166 valence electrons. The number of pyridine rings is 1. The minimum absolute atomic E-state index is 0.0536. The van der Waals surface area contributed by atoms with Gasteiger partial charge in [-0.3, -0.25) is 14.3 Å². The Morgan fingerprint density at radius 3 is 2.66 bits per heavy atom. The fraction of sp³-hybridized carbons (Fsp3) is 0.333. The molecule has 0 aliphatic carbocycles. The molecule has 0 atom stereocenters. The van der Waals surface area contributed by atoms with Crippen LogP contribution >= 0.6 is 0 Å². The van der Waals surface area contributed by atoms with E-state index in [1.807, 2.05) is 48.5 Å². The van der Waals surface area contributed by atoms with E-state index in [0.29, 0.717) is 42.6 Å². The van der Waals surface area contributed by atoms with Crippen molar-refractivity contribution in [1.82, 2.24) is 19.7 Å². The van der Waals surface area contributed by atoms with E-state index >= 15 is 0 Å². The number of amides is 2. The molecule has 4 rings (SSSR count). The van der Waals surface area contributed by atoms with Crippen LogP contribution in [0, 0.1) is 5.92 Å². The van der Waals surface area contributed by atoms with Crippen molar-refractivity contribution in [2.75, 3.05) is 23.3 Å². The molecule has 8 nitrogen and oxygen atoms in total. The fourth-order valence-corrected chi connectivity index (χ4v) is 3.86. The Hall–Kier alpha value is -3.68. The second kappa shape index (κ2) is 9.21. The molecule has 8 heteroatoms. The summed E-state index contributed by atoms with van der Waals surface area (Å²) in [5.74, 6) is 0.747. The van der Waals surface area contributed by atoms with Crippen LogP contribution in [0.15, 0.2) is 55.0 Å². The quantitative estimate of drug-likeness (QED) is 0.620. The predicted molar refractivity (Wildman–Crippen MR) is 123 cm³/mol. The van der Waals surface area contributed by atoms with Crippen LogP contribution in [0.3, 0.4) is 0 Å². The van der Waals surface area contributed by atoms with Crippen molar-refractivity contribution in [3.05, 3.63) is 71.7 Å². The fourth-order valence-electron chi connectivity index (χ4n) is 3.86. The Labute approximate surface area is 187 Å². The van der Waals surface area contributed by atoms with Gasteiger partial charge in [0.1, 0.15) is 0 Å². The average molecular weight is 433 g/mol.